The fraction of sp³-hybridized carbons (Fsp3) is 0.615. The van der Waals surface area contributed by atoms with Gasteiger partial charge in [-0.2, -0.15) is 13.2 Å². The van der Waals surface area contributed by atoms with Gasteiger partial charge >= 0.3 is 12.3 Å². The number of allylic oxidation sites excluding steroid dienone is 1. The number of pyridine rings is 1. The molecule has 4 amide bonds. The Labute approximate surface area is 339 Å². The van der Waals surface area contributed by atoms with Crippen LogP contribution in [0.3, 0.4) is 0 Å². The first-order chi connectivity index (χ1) is 27.2. The van der Waals surface area contributed by atoms with Crippen molar-refractivity contribution in [3.05, 3.63) is 41.6 Å². The number of aromatic nitrogens is 1. The molecule has 0 spiro atoms. The zero-order valence-electron chi connectivity index (χ0n) is 32.8. The first-order valence-electron chi connectivity index (χ1n) is 19.4. The van der Waals surface area contributed by atoms with Gasteiger partial charge in [-0.15, -0.1) is 0 Å². The van der Waals surface area contributed by atoms with E-state index < -0.39 is 86.4 Å². The third-order valence-electron chi connectivity index (χ3n) is 12.0. The summed E-state index contributed by atoms with van der Waals surface area (Å²) in [5.74, 6) is -4.20. The fourth-order valence-electron chi connectivity index (χ4n) is 8.28. The van der Waals surface area contributed by atoms with E-state index in [2.05, 4.69) is 15.0 Å². The molecule has 1 aromatic heterocycles. The number of nitrogens with zero attached hydrogens (tertiary/aromatic N) is 3. The third kappa shape index (κ3) is 8.27. The Morgan fingerprint density at radius 3 is 2.50 bits per heavy atom. The lowest BCUT2D eigenvalue weighted by molar-refractivity contribution is -0.222. The van der Waals surface area contributed by atoms with Gasteiger partial charge in [0.05, 0.1) is 30.1 Å². The van der Waals surface area contributed by atoms with Crippen LogP contribution in [0.25, 0.3) is 10.8 Å². The highest BCUT2D eigenvalue weighted by Gasteiger charge is 2.63. The number of nitrogens with one attached hydrogen (secondary N) is 2. The smallest absolute Gasteiger partial charge is 0.411 e. The number of carbonyl (C=O) groups excluding carboxylic acids is 3. The second-order valence-corrected chi connectivity index (χ2v) is 18.8. The van der Waals surface area contributed by atoms with Crippen LogP contribution in [-0.4, -0.2) is 106 Å². The van der Waals surface area contributed by atoms with Crippen molar-refractivity contribution in [2.24, 2.45) is 17.8 Å². The molecule has 1 aromatic carbocycles. The van der Waals surface area contributed by atoms with E-state index in [0.29, 0.717) is 61.1 Å². The van der Waals surface area contributed by atoms with Crippen molar-refractivity contribution < 1.29 is 55.3 Å². The van der Waals surface area contributed by atoms with Crippen LogP contribution in [0, 0.1) is 17.8 Å². The molecule has 7 atom stereocenters. The Balaban J connectivity index is 1.45. The number of amides is 4. The molecule has 2 saturated carbocycles. The van der Waals surface area contributed by atoms with Crippen molar-refractivity contribution in [1.82, 2.24) is 24.8 Å². The Bertz CT molecular complexity index is 2100. The van der Waals surface area contributed by atoms with E-state index in [9.17, 15) is 41.1 Å². The van der Waals surface area contributed by atoms with Crippen LogP contribution >= 0.6 is 11.6 Å². The second-order valence-electron chi connectivity index (χ2n) is 16.4. The lowest BCUT2D eigenvalue weighted by atomic mass is 9.82. The minimum absolute atomic E-state index is 0.0486. The minimum atomic E-state index is -5.10. The zero-order chi connectivity index (χ0) is 42.5. The molecule has 19 heteroatoms. The first-order valence-corrected chi connectivity index (χ1v) is 21.3. The van der Waals surface area contributed by atoms with Crippen molar-refractivity contribution >= 4 is 56.2 Å². The van der Waals surface area contributed by atoms with E-state index in [-0.39, 0.29) is 48.9 Å². The molecule has 14 nitrogen and oxygen atoms in total. The van der Waals surface area contributed by atoms with Gasteiger partial charge in [-0.05, 0) is 76.3 Å². The topological polar surface area (TPSA) is 185 Å². The van der Waals surface area contributed by atoms with Crippen LogP contribution in [0.5, 0.6) is 11.6 Å². The van der Waals surface area contributed by atoms with E-state index in [1.807, 2.05) is 13.0 Å². The van der Waals surface area contributed by atoms with Crippen molar-refractivity contribution in [2.45, 2.75) is 120 Å². The summed E-state index contributed by atoms with van der Waals surface area (Å²) in [6.45, 7) is 4.54. The van der Waals surface area contributed by atoms with Gasteiger partial charge in [-0.3, -0.25) is 24.0 Å². The molecule has 2 aliphatic heterocycles. The highest BCUT2D eigenvalue weighted by molar-refractivity contribution is 7.91. The largest absolute Gasteiger partial charge is 0.494 e. The SMILES string of the molecule is CC[C@@H]1C[C@H](C)CCC=C[C@@H]2C[C@@]2(C(=O)NS(=O)(=O)C2CC2)NC(=O)[C@@H]2C[C@@H](Oc3ncc(OC)c4c(Cl)cccc34)CN2C(=O)[C@H]1N(C(=O)O)C(C)(C)C(F)(F)F. The van der Waals surface area contributed by atoms with E-state index >= 15 is 4.79 Å². The number of carboxylic acid groups (broad SMARTS) is 1. The number of halogens is 4. The number of benzene rings is 1. The molecular formula is C39H49ClF3N5O9S. The van der Waals surface area contributed by atoms with Gasteiger partial charge in [-0.25, -0.2) is 18.2 Å². The van der Waals surface area contributed by atoms with Gasteiger partial charge in [0.25, 0.3) is 5.91 Å². The Morgan fingerprint density at radius 1 is 1.17 bits per heavy atom. The van der Waals surface area contributed by atoms with Gasteiger partial charge in [-0.1, -0.05) is 50.1 Å². The maximum absolute atomic E-state index is 15.1. The van der Waals surface area contributed by atoms with Gasteiger partial charge in [0, 0.05) is 23.1 Å². The zero-order valence-corrected chi connectivity index (χ0v) is 34.4. The highest BCUT2D eigenvalue weighted by atomic mass is 35.5. The number of rotatable bonds is 9. The number of hydrogen-bond donors (Lipinski definition) is 3. The molecule has 3 heterocycles. The van der Waals surface area contributed by atoms with Crippen molar-refractivity contribution in [2.75, 3.05) is 13.7 Å². The maximum atomic E-state index is 15.1. The predicted molar refractivity (Wildman–Crippen MR) is 207 cm³/mol. The van der Waals surface area contributed by atoms with Gasteiger partial charge in [0.1, 0.15) is 35.0 Å². The summed E-state index contributed by atoms with van der Waals surface area (Å²) in [6, 6.07) is 1.57. The molecule has 3 fully saturated rings. The standard InChI is InChI=1S/C39H49ClF3N5O9S/c1-6-22-16-21(2)10-7-8-11-23-18-38(23,35(51)46-58(54,55)25-14-15-25)45-32(49)28-17-24(57-33-26-12-9-13-27(40)30(26)29(56-5)19-44-33)20-47(28)34(50)31(22)48(36(52)53)37(3,4)39(41,42)43/h8-9,11-13,19,21-25,28,31H,6-7,10,14-18,20H2,1-5H3,(H,45,49)(H,46,51)(H,52,53)/t21-,22-,23-,24-,28+,31+,38-/m1/s1. The number of methoxy groups -OCH3 is 1. The first kappa shape index (κ1) is 43.3. The Morgan fingerprint density at radius 2 is 1.88 bits per heavy atom. The van der Waals surface area contributed by atoms with Crippen LogP contribution in [0.2, 0.25) is 5.02 Å². The Hall–Kier alpha value is -4.32. The number of alkyl halides is 3. The summed E-state index contributed by atoms with van der Waals surface area (Å²) in [6.07, 6.45) is -1.34. The van der Waals surface area contributed by atoms with Crippen LogP contribution in [-0.2, 0) is 24.4 Å². The molecule has 4 aliphatic rings. The predicted octanol–water partition coefficient (Wildman–Crippen LogP) is 5.82. The van der Waals surface area contributed by atoms with E-state index in [0.717, 1.165) is 4.90 Å². The van der Waals surface area contributed by atoms with Crippen LogP contribution < -0.4 is 19.5 Å². The monoisotopic (exact) mass is 855 g/mol. The van der Waals surface area contributed by atoms with E-state index in [1.165, 1.54) is 13.3 Å². The van der Waals surface area contributed by atoms with E-state index in [1.54, 1.807) is 31.2 Å². The van der Waals surface area contributed by atoms with Crippen LogP contribution in [0.1, 0.15) is 79.1 Å². The number of carbonyl (C=O) groups is 4. The molecular weight excluding hydrogens is 807 g/mol. The van der Waals surface area contributed by atoms with Crippen LogP contribution in [0.15, 0.2) is 36.5 Å². The molecule has 318 valence electrons. The number of fused-ring (bicyclic) bond motifs is 3. The van der Waals surface area contributed by atoms with Gasteiger partial charge in [0.2, 0.25) is 27.7 Å². The third-order valence-corrected chi connectivity index (χ3v) is 14.1. The average Bonchev–Trinajstić information content (AvgIpc) is 4.07. The second kappa shape index (κ2) is 16.0. The number of sulfonamides is 1. The molecule has 2 aromatic rings. The normalized spacial score (nSPS) is 28.4. The van der Waals surface area contributed by atoms with Crippen molar-refractivity contribution in [3.8, 4) is 11.6 Å². The summed E-state index contributed by atoms with van der Waals surface area (Å²) < 4.78 is 84.1. The summed E-state index contributed by atoms with van der Waals surface area (Å²) >= 11 is 6.51. The summed E-state index contributed by atoms with van der Waals surface area (Å²) in [5, 5.41) is 13.7. The van der Waals surface area contributed by atoms with Crippen molar-refractivity contribution in [1.29, 1.82) is 0 Å². The molecule has 2 aliphatic carbocycles. The molecule has 6 rings (SSSR count). The summed E-state index contributed by atoms with van der Waals surface area (Å²) in [5.41, 5.74) is -4.76. The minimum Gasteiger partial charge on any atom is -0.494 e. The summed E-state index contributed by atoms with van der Waals surface area (Å²) in [7, 11) is -2.60. The summed E-state index contributed by atoms with van der Waals surface area (Å²) in [4.78, 5) is 62.1. The molecule has 58 heavy (non-hydrogen) atoms. The van der Waals surface area contributed by atoms with Gasteiger partial charge in [0.15, 0.2) is 0 Å². The van der Waals surface area contributed by atoms with E-state index in [4.69, 9.17) is 21.1 Å². The molecule has 1 saturated heterocycles. The van der Waals surface area contributed by atoms with Gasteiger partial charge < -0.3 is 24.8 Å². The number of hydrogen-bond acceptors (Lipinski definition) is 9. The quantitative estimate of drug-likeness (QED) is 0.260. The van der Waals surface area contributed by atoms with Crippen molar-refractivity contribution in [3.63, 3.8) is 0 Å². The lowest BCUT2D eigenvalue weighted by Gasteiger charge is -2.46. The average molecular weight is 856 g/mol. The molecule has 3 N–H and O–H groups in total. The molecule has 0 unspecified atom stereocenters. The maximum Gasteiger partial charge on any atom is 0.411 e. The highest BCUT2D eigenvalue weighted by Crippen LogP contribution is 2.47. The number of ether oxygens (including phenoxy) is 2. The molecule has 0 bridgehead atoms. The molecule has 0 radical (unpaired) electrons. The Kier molecular flexibility index (Phi) is 12.0. The lowest BCUT2D eigenvalue weighted by Crippen LogP contribution is -2.66. The fourth-order valence-corrected chi connectivity index (χ4v) is 9.91. The van der Waals surface area contributed by atoms with Crippen LogP contribution in [0.4, 0.5) is 18.0 Å².